The molecule has 7 nitrogen and oxygen atoms in total. The first-order valence-corrected chi connectivity index (χ1v) is 12.6. The highest BCUT2D eigenvalue weighted by Crippen LogP contribution is 2.34. The molecule has 7 heteroatoms. The van der Waals surface area contributed by atoms with E-state index in [1.807, 2.05) is 20.8 Å². The summed E-state index contributed by atoms with van der Waals surface area (Å²) in [6, 6.07) is 2.53. The number of hydrogen-bond donors (Lipinski definition) is 2. The van der Waals surface area contributed by atoms with Crippen LogP contribution in [0, 0.1) is 13.8 Å². The Labute approximate surface area is 205 Å². The number of carbonyl (C=O) groups excluding carboxylic acids is 1. The lowest BCUT2D eigenvalue weighted by Crippen LogP contribution is -2.40. The van der Waals surface area contributed by atoms with Gasteiger partial charge >= 0.3 is 6.09 Å². The average Bonchev–Trinajstić information content (AvgIpc) is 3.25. The average molecular weight is 473 g/mol. The standard InChI is InChI=1S/C27H44N4O3/c1-9-30(10-2)17-23-18(3)13-20-14-21(25(33-8)29-24(20)19(23)4)15-28-22-11-12-31(16-22)26(32)34-27(5,6)7/h13-14,22,25,28-29H,9-12,15-17H2,1-8H3. The number of rotatable bonds is 8. The quantitative estimate of drug-likeness (QED) is 0.580. The van der Waals surface area contributed by atoms with Crippen molar-refractivity contribution in [2.75, 3.05) is 45.2 Å². The van der Waals surface area contributed by atoms with Crippen LogP contribution in [-0.2, 0) is 16.0 Å². The van der Waals surface area contributed by atoms with Crippen LogP contribution in [0.3, 0.4) is 0 Å². The number of aryl methyl sites for hydroxylation is 1. The first-order chi connectivity index (χ1) is 16.1. The SMILES string of the molecule is CCN(CC)Cc1c(C)cc2c(c1C)NC(OC)C(CNC1CCN(C(=O)OC(C)(C)C)C1)=C2. The van der Waals surface area contributed by atoms with Gasteiger partial charge in [0.15, 0.2) is 6.23 Å². The predicted octanol–water partition coefficient (Wildman–Crippen LogP) is 4.53. The van der Waals surface area contributed by atoms with E-state index in [1.54, 1.807) is 12.0 Å². The summed E-state index contributed by atoms with van der Waals surface area (Å²) >= 11 is 0. The van der Waals surface area contributed by atoms with Crippen molar-refractivity contribution in [1.29, 1.82) is 0 Å². The number of methoxy groups -OCH3 is 1. The van der Waals surface area contributed by atoms with E-state index in [9.17, 15) is 4.79 Å². The summed E-state index contributed by atoms with van der Waals surface area (Å²) in [5.74, 6) is 0. The van der Waals surface area contributed by atoms with Gasteiger partial charge < -0.3 is 25.0 Å². The van der Waals surface area contributed by atoms with Crippen LogP contribution in [0.4, 0.5) is 10.5 Å². The van der Waals surface area contributed by atoms with Crippen molar-refractivity contribution in [3.8, 4) is 0 Å². The Balaban J connectivity index is 1.70. The number of nitrogens with one attached hydrogen (secondary N) is 2. The number of amides is 1. The van der Waals surface area contributed by atoms with Gasteiger partial charge in [-0.1, -0.05) is 13.8 Å². The van der Waals surface area contributed by atoms with Crippen LogP contribution >= 0.6 is 0 Å². The molecular formula is C27H44N4O3. The first-order valence-electron chi connectivity index (χ1n) is 12.6. The number of fused-ring (bicyclic) bond motifs is 1. The summed E-state index contributed by atoms with van der Waals surface area (Å²) < 4.78 is 11.3. The molecule has 1 amide bonds. The zero-order valence-electron chi connectivity index (χ0n) is 22.4. The Kier molecular flexibility index (Phi) is 8.66. The van der Waals surface area contributed by atoms with Crippen LogP contribution in [-0.4, -0.2) is 73.6 Å². The first kappa shape index (κ1) is 26.5. The van der Waals surface area contributed by atoms with Gasteiger partial charge in [-0.05, 0) is 94.1 Å². The van der Waals surface area contributed by atoms with Crippen molar-refractivity contribution >= 4 is 17.9 Å². The number of carbonyl (C=O) groups is 1. The second-order valence-electron chi connectivity index (χ2n) is 10.5. The summed E-state index contributed by atoms with van der Waals surface area (Å²) in [5, 5.41) is 7.27. The molecule has 1 fully saturated rings. The molecule has 0 bridgehead atoms. The molecule has 1 saturated heterocycles. The summed E-state index contributed by atoms with van der Waals surface area (Å²) in [5.41, 5.74) is 7.10. The molecule has 0 saturated carbocycles. The Hall–Kier alpha value is -2.09. The molecule has 2 aliphatic rings. The lowest BCUT2D eigenvalue weighted by Gasteiger charge is -2.31. The third kappa shape index (κ3) is 6.32. The van der Waals surface area contributed by atoms with Crippen molar-refractivity contribution < 1.29 is 14.3 Å². The summed E-state index contributed by atoms with van der Waals surface area (Å²) in [6.45, 7) is 19.7. The van der Waals surface area contributed by atoms with E-state index < -0.39 is 5.60 Å². The fourth-order valence-electron chi connectivity index (χ4n) is 4.81. The Bertz CT molecular complexity index is 902. The van der Waals surface area contributed by atoms with Gasteiger partial charge in [0.1, 0.15) is 5.60 Å². The van der Waals surface area contributed by atoms with Gasteiger partial charge in [0.2, 0.25) is 0 Å². The minimum atomic E-state index is -0.470. The molecule has 34 heavy (non-hydrogen) atoms. The number of ether oxygens (including phenoxy) is 2. The maximum absolute atomic E-state index is 12.4. The fraction of sp³-hybridized carbons (Fsp3) is 0.667. The van der Waals surface area contributed by atoms with E-state index in [1.165, 1.54) is 33.5 Å². The van der Waals surface area contributed by atoms with Crippen LogP contribution in [0.1, 0.15) is 63.3 Å². The van der Waals surface area contributed by atoms with Crippen LogP contribution in [0.25, 0.3) is 6.08 Å². The molecule has 3 rings (SSSR count). The van der Waals surface area contributed by atoms with Crippen molar-refractivity contribution in [2.24, 2.45) is 0 Å². The Morgan fingerprint density at radius 2 is 1.97 bits per heavy atom. The Morgan fingerprint density at radius 1 is 1.26 bits per heavy atom. The fourth-order valence-corrected chi connectivity index (χ4v) is 4.81. The minimum Gasteiger partial charge on any atom is -0.444 e. The van der Waals surface area contributed by atoms with Crippen molar-refractivity contribution in [1.82, 2.24) is 15.1 Å². The molecule has 1 aromatic carbocycles. The topological polar surface area (TPSA) is 66.1 Å². The highest BCUT2D eigenvalue weighted by atomic mass is 16.6. The smallest absolute Gasteiger partial charge is 0.410 e. The van der Waals surface area contributed by atoms with Gasteiger partial charge in [-0.3, -0.25) is 4.90 Å². The van der Waals surface area contributed by atoms with Crippen molar-refractivity contribution in [2.45, 2.75) is 79.3 Å². The third-order valence-electron chi connectivity index (χ3n) is 6.86. The van der Waals surface area contributed by atoms with E-state index in [0.717, 1.165) is 26.1 Å². The Morgan fingerprint density at radius 3 is 2.59 bits per heavy atom. The van der Waals surface area contributed by atoms with Crippen molar-refractivity contribution in [3.05, 3.63) is 33.9 Å². The van der Waals surface area contributed by atoms with Gasteiger partial charge in [-0.2, -0.15) is 0 Å². The summed E-state index contributed by atoms with van der Waals surface area (Å²) in [4.78, 5) is 16.6. The summed E-state index contributed by atoms with van der Waals surface area (Å²) in [7, 11) is 1.75. The van der Waals surface area contributed by atoms with Gasteiger partial charge in [0.05, 0.1) is 0 Å². The second kappa shape index (κ2) is 11.1. The van der Waals surface area contributed by atoms with E-state index >= 15 is 0 Å². The van der Waals surface area contributed by atoms with Crippen LogP contribution in [0.2, 0.25) is 0 Å². The predicted molar refractivity (Wildman–Crippen MR) is 139 cm³/mol. The maximum atomic E-state index is 12.4. The highest BCUT2D eigenvalue weighted by molar-refractivity contribution is 5.77. The summed E-state index contributed by atoms with van der Waals surface area (Å²) in [6.07, 6.45) is 2.77. The molecule has 2 N–H and O–H groups in total. The number of nitrogens with zero attached hydrogens (tertiary/aromatic N) is 2. The molecule has 0 aromatic heterocycles. The van der Waals surface area contributed by atoms with Crippen LogP contribution in [0.15, 0.2) is 11.6 Å². The van der Waals surface area contributed by atoms with Gasteiger partial charge in [-0.15, -0.1) is 0 Å². The molecule has 190 valence electrons. The molecule has 2 heterocycles. The zero-order chi connectivity index (χ0) is 25.0. The van der Waals surface area contributed by atoms with Gasteiger partial charge in [0.25, 0.3) is 0 Å². The molecule has 2 atom stereocenters. The minimum absolute atomic E-state index is 0.175. The molecule has 2 aliphatic heterocycles. The monoisotopic (exact) mass is 472 g/mol. The number of benzene rings is 1. The van der Waals surface area contributed by atoms with Crippen LogP contribution in [0.5, 0.6) is 0 Å². The van der Waals surface area contributed by atoms with Crippen LogP contribution < -0.4 is 10.6 Å². The van der Waals surface area contributed by atoms with Crippen molar-refractivity contribution in [3.63, 3.8) is 0 Å². The zero-order valence-corrected chi connectivity index (χ0v) is 22.4. The van der Waals surface area contributed by atoms with E-state index in [4.69, 9.17) is 9.47 Å². The molecular weight excluding hydrogens is 428 g/mol. The molecule has 1 aromatic rings. The van der Waals surface area contributed by atoms with Gasteiger partial charge in [-0.25, -0.2) is 4.79 Å². The number of likely N-dealkylation sites (tertiary alicyclic amines) is 1. The third-order valence-corrected chi connectivity index (χ3v) is 6.86. The maximum Gasteiger partial charge on any atom is 0.410 e. The lowest BCUT2D eigenvalue weighted by atomic mass is 9.92. The number of hydrogen-bond acceptors (Lipinski definition) is 6. The van der Waals surface area contributed by atoms with E-state index in [-0.39, 0.29) is 18.4 Å². The largest absolute Gasteiger partial charge is 0.444 e. The normalized spacial score (nSPS) is 20.3. The van der Waals surface area contributed by atoms with Gasteiger partial charge in [0, 0.05) is 45.0 Å². The highest BCUT2D eigenvalue weighted by Gasteiger charge is 2.30. The van der Waals surface area contributed by atoms with E-state index in [2.05, 4.69) is 55.4 Å². The molecule has 0 spiro atoms. The molecule has 0 radical (unpaired) electrons. The molecule has 0 aliphatic carbocycles. The number of anilines is 1. The lowest BCUT2D eigenvalue weighted by molar-refractivity contribution is 0.0291. The second-order valence-corrected chi connectivity index (χ2v) is 10.5. The molecule has 2 unspecified atom stereocenters. The van der Waals surface area contributed by atoms with E-state index in [0.29, 0.717) is 19.6 Å².